The molecular weight excluding hydrogens is 723 g/mol. The van der Waals surface area contributed by atoms with Gasteiger partial charge in [-0.2, -0.15) is 0 Å². The fraction of sp³-hybridized carbons (Fsp3) is 0. The third-order valence-electron chi connectivity index (χ3n) is 11.6. The van der Waals surface area contributed by atoms with Crippen LogP contribution in [-0.2, 0) is 0 Å². The van der Waals surface area contributed by atoms with Crippen molar-refractivity contribution in [2.75, 3.05) is 0 Å². The van der Waals surface area contributed by atoms with Crippen LogP contribution < -0.4 is 0 Å². The summed E-state index contributed by atoms with van der Waals surface area (Å²) in [4.78, 5) is 10.8. The molecule has 0 amide bonds. The summed E-state index contributed by atoms with van der Waals surface area (Å²) in [6, 6.07) is 72.1. The molecule has 0 unspecified atom stereocenters. The largest absolute Gasteiger partial charge is 0.277 e. The van der Waals surface area contributed by atoms with Crippen LogP contribution in [0, 0.1) is 0 Å². The van der Waals surface area contributed by atoms with Gasteiger partial charge < -0.3 is 0 Å². The first-order valence-electron chi connectivity index (χ1n) is 19.7. The molecule has 0 atom stereocenters. The maximum atomic E-state index is 5.45. The van der Waals surface area contributed by atoms with E-state index in [1.165, 1.54) is 64.0 Å². The summed E-state index contributed by atoms with van der Waals surface area (Å²) in [7, 11) is 0. The van der Waals surface area contributed by atoms with Crippen LogP contribution in [0.4, 0.5) is 0 Å². The van der Waals surface area contributed by atoms with E-state index in [0.717, 1.165) is 44.3 Å². The molecule has 0 fully saturated rings. The van der Waals surface area contributed by atoms with Crippen LogP contribution in [-0.4, -0.2) is 14.5 Å². The Labute approximate surface area is 338 Å². The zero-order valence-electron chi connectivity index (χ0n) is 31.3. The molecule has 12 aromatic rings. The molecule has 0 aliphatic heterocycles. The van der Waals surface area contributed by atoms with Crippen LogP contribution in [0.5, 0.6) is 0 Å². The fourth-order valence-corrected chi connectivity index (χ4v) is 10.1. The summed E-state index contributed by atoms with van der Waals surface area (Å²) in [6.45, 7) is 0. The molecule has 0 aliphatic carbocycles. The van der Waals surface area contributed by atoms with Gasteiger partial charge in [0.1, 0.15) is 0 Å². The lowest BCUT2D eigenvalue weighted by Gasteiger charge is -2.15. The molecule has 58 heavy (non-hydrogen) atoms. The van der Waals surface area contributed by atoms with E-state index in [0.29, 0.717) is 5.95 Å². The standard InChI is InChI=1S/C54H33N3S/c1-2-15-35(16-3-1)51-45-22-6-8-27-47(45)55-54(56-51)57-52-41-21-5-4-14-34(41)30-31-44(52)43-26-12-25-42(53(43)57)39-20-11-18-37(33-39)36-17-10-19-38(32-36)40-24-13-29-49-50(40)46-23-7-9-28-48(46)58-49/h1-33H. The van der Waals surface area contributed by atoms with Gasteiger partial charge in [0.2, 0.25) is 5.95 Å². The van der Waals surface area contributed by atoms with Gasteiger partial charge in [0.05, 0.1) is 22.2 Å². The van der Waals surface area contributed by atoms with E-state index in [-0.39, 0.29) is 0 Å². The number of hydrogen-bond acceptors (Lipinski definition) is 3. The molecule has 270 valence electrons. The highest BCUT2D eigenvalue weighted by Gasteiger charge is 2.22. The molecule has 0 saturated heterocycles. The minimum atomic E-state index is 0.653. The Balaban J connectivity index is 1.09. The molecule has 12 rings (SSSR count). The van der Waals surface area contributed by atoms with Crippen molar-refractivity contribution in [3.05, 3.63) is 200 Å². The smallest absolute Gasteiger partial charge is 0.235 e. The quantitative estimate of drug-likeness (QED) is 0.175. The molecular formula is C54H33N3S. The first-order valence-corrected chi connectivity index (χ1v) is 20.5. The van der Waals surface area contributed by atoms with Crippen molar-refractivity contribution in [1.82, 2.24) is 14.5 Å². The summed E-state index contributed by atoms with van der Waals surface area (Å²) in [5.74, 6) is 0.653. The molecule has 0 spiro atoms. The first-order chi connectivity index (χ1) is 28.8. The van der Waals surface area contributed by atoms with Gasteiger partial charge in [-0.15, -0.1) is 11.3 Å². The van der Waals surface area contributed by atoms with E-state index in [1.807, 2.05) is 11.3 Å². The summed E-state index contributed by atoms with van der Waals surface area (Å²) in [6.07, 6.45) is 0. The fourth-order valence-electron chi connectivity index (χ4n) is 8.99. The van der Waals surface area contributed by atoms with Crippen molar-refractivity contribution in [1.29, 1.82) is 0 Å². The topological polar surface area (TPSA) is 30.7 Å². The van der Waals surface area contributed by atoms with Gasteiger partial charge in [-0.25, -0.2) is 9.97 Å². The van der Waals surface area contributed by atoms with Crippen molar-refractivity contribution in [2.24, 2.45) is 0 Å². The van der Waals surface area contributed by atoms with Crippen molar-refractivity contribution in [3.63, 3.8) is 0 Å². The van der Waals surface area contributed by atoms with E-state index in [1.54, 1.807) is 0 Å². The molecule has 0 aliphatic rings. The van der Waals surface area contributed by atoms with Gasteiger partial charge in [0.25, 0.3) is 0 Å². The minimum absolute atomic E-state index is 0.653. The first kappa shape index (κ1) is 32.8. The number of fused-ring (bicyclic) bond motifs is 9. The van der Waals surface area contributed by atoms with E-state index in [9.17, 15) is 0 Å². The third kappa shape index (κ3) is 5.12. The Morgan fingerprint density at radius 1 is 0.362 bits per heavy atom. The SMILES string of the molecule is c1ccc(-c2nc(-n3c4c(-c5cccc(-c6cccc(-c7cccc8sc9ccccc9c78)c6)c5)cccc4c4ccc5ccccc5c43)nc3ccccc23)cc1. The highest BCUT2D eigenvalue weighted by atomic mass is 32.1. The van der Waals surface area contributed by atoms with Crippen LogP contribution in [0.25, 0.3) is 114 Å². The Hall–Kier alpha value is -7.40. The van der Waals surface area contributed by atoms with Crippen molar-refractivity contribution in [3.8, 4) is 50.6 Å². The predicted octanol–water partition coefficient (Wildman–Crippen LogP) is 14.9. The normalized spacial score (nSPS) is 11.8. The van der Waals surface area contributed by atoms with Gasteiger partial charge in [-0.05, 0) is 63.5 Å². The summed E-state index contributed by atoms with van der Waals surface area (Å²) in [5.41, 5.74) is 12.2. The second-order valence-electron chi connectivity index (χ2n) is 14.9. The molecule has 0 radical (unpaired) electrons. The van der Waals surface area contributed by atoms with Crippen molar-refractivity contribution < 1.29 is 0 Å². The molecule has 3 aromatic heterocycles. The number of rotatable bonds is 5. The molecule has 9 aromatic carbocycles. The van der Waals surface area contributed by atoms with Crippen LogP contribution in [0.15, 0.2) is 200 Å². The second-order valence-corrected chi connectivity index (χ2v) is 16.0. The van der Waals surface area contributed by atoms with Crippen molar-refractivity contribution in [2.45, 2.75) is 0 Å². The van der Waals surface area contributed by atoms with Crippen LogP contribution in [0.3, 0.4) is 0 Å². The highest BCUT2D eigenvalue weighted by molar-refractivity contribution is 7.25. The molecule has 3 heterocycles. The molecule has 0 bridgehead atoms. The molecule has 0 N–H and O–H groups in total. The predicted molar refractivity (Wildman–Crippen MR) is 246 cm³/mol. The average Bonchev–Trinajstić information content (AvgIpc) is 3.86. The van der Waals surface area contributed by atoms with Crippen molar-refractivity contribution >= 4 is 75.0 Å². The summed E-state index contributed by atoms with van der Waals surface area (Å²) in [5, 5.41) is 8.35. The van der Waals surface area contributed by atoms with E-state index >= 15 is 0 Å². The molecule has 0 saturated carbocycles. The monoisotopic (exact) mass is 755 g/mol. The van der Waals surface area contributed by atoms with E-state index in [4.69, 9.17) is 9.97 Å². The van der Waals surface area contributed by atoms with Gasteiger partial charge in [-0.1, -0.05) is 170 Å². The van der Waals surface area contributed by atoms with Gasteiger partial charge in [0.15, 0.2) is 0 Å². The number of thiophene rings is 1. The van der Waals surface area contributed by atoms with E-state index in [2.05, 4.69) is 205 Å². The van der Waals surface area contributed by atoms with Crippen LogP contribution in [0.1, 0.15) is 0 Å². The maximum absolute atomic E-state index is 5.45. The zero-order chi connectivity index (χ0) is 38.2. The second kappa shape index (κ2) is 13.1. The Kier molecular flexibility index (Phi) is 7.40. The lowest BCUT2D eigenvalue weighted by molar-refractivity contribution is 1.02. The number of nitrogens with zero attached hydrogens (tertiary/aromatic N) is 3. The van der Waals surface area contributed by atoms with E-state index < -0.39 is 0 Å². The molecule has 3 nitrogen and oxygen atoms in total. The third-order valence-corrected chi connectivity index (χ3v) is 12.7. The Bertz CT molecular complexity index is 3580. The lowest BCUT2D eigenvalue weighted by Crippen LogP contribution is -2.04. The maximum Gasteiger partial charge on any atom is 0.235 e. The Morgan fingerprint density at radius 3 is 1.79 bits per heavy atom. The van der Waals surface area contributed by atoms with Gasteiger partial charge in [-0.3, -0.25) is 4.57 Å². The number of aromatic nitrogens is 3. The van der Waals surface area contributed by atoms with Gasteiger partial charge in [0, 0.05) is 52.8 Å². The number of para-hydroxylation sites is 2. The minimum Gasteiger partial charge on any atom is -0.277 e. The summed E-state index contributed by atoms with van der Waals surface area (Å²) < 4.78 is 4.95. The average molecular weight is 756 g/mol. The number of hydrogen-bond donors (Lipinski definition) is 0. The Morgan fingerprint density at radius 2 is 0.948 bits per heavy atom. The number of benzene rings is 9. The van der Waals surface area contributed by atoms with Crippen LogP contribution in [0.2, 0.25) is 0 Å². The highest BCUT2D eigenvalue weighted by Crippen LogP contribution is 2.43. The lowest BCUT2D eigenvalue weighted by atomic mass is 9.94. The van der Waals surface area contributed by atoms with Crippen LogP contribution >= 0.6 is 11.3 Å². The molecule has 4 heteroatoms. The zero-order valence-corrected chi connectivity index (χ0v) is 32.1. The summed E-state index contributed by atoms with van der Waals surface area (Å²) >= 11 is 1.86. The van der Waals surface area contributed by atoms with Gasteiger partial charge >= 0.3 is 0 Å².